The zero-order chi connectivity index (χ0) is 24.9. The number of nitrogens with one attached hydrogen (secondary N) is 1. The lowest BCUT2D eigenvalue weighted by molar-refractivity contribution is -0.117. The van der Waals surface area contributed by atoms with E-state index in [0.717, 1.165) is 17.3 Å². The molecule has 3 aromatic rings. The number of nitriles is 1. The summed E-state index contributed by atoms with van der Waals surface area (Å²) in [6.07, 6.45) is 0.231. The van der Waals surface area contributed by atoms with Gasteiger partial charge in [0.05, 0.1) is 5.25 Å². The number of hydrogen-bond donors (Lipinski definition) is 1. The zero-order valence-electron chi connectivity index (χ0n) is 18.2. The highest BCUT2D eigenvalue weighted by atomic mass is 35.5. The number of halogens is 3. The second kappa shape index (κ2) is 11.0. The van der Waals surface area contributed by atoms with Crippen molar-refractivity contribution in [2.24, 2.45) is 0 Å². The molecule has 35 heavy (non-hydrogen) atoms. The molecular formula is C26H18Cl2FN3O2S. The third kappa shape index (κ3) is 5.68. The van der Waals surface area contributed by atoms with Crippen molar-refractivity contribution in [2.75, 3.05) is 4.90 Å². The maximum Gasteiger partial charge on any atom is 0.264 e. The van der Waals surface area contributed by atoms with Gasteiger partial charge < -0.3 is 5.32 Å². The first-order valence-electron chi connectivity index (χ1n) is 10.5. The minimum absolute atomic E-state index is 0.179. The average Bonchev–Trinajstić information content (AvgIpc) is 3.17. The standard InChI is InChI=1S/C26H18Cl2FN3O2S/c27-18-6-11-22(28)17(12-18)13-23-25(34)32(20-9-7-19(29)8-10-20)26(35-23)21(14-30)24(33)31-15-16-4-2-1-3-5-16/h1-12,23H,13,15H2,(H,31,33)/b26-21-. The van der Waals surface area contributed by atoms with Crippen LogP contribution in [0.5, 0.6) is 0 Å². The van der Waals surface area contributed by atoms with Crippen LogP contribution < -0.4 is 10.2 Å². The molecule has 176 valence electrons. The summed E-state index contributed by atoms with van der Waals surface area (Å²) in [7, 11) is 0. The van der Waals surface area contributed by atoms with Gasteiger partial charge in [0.25, 0.3) is 5.91 Å². The number of carbonyl (C=O) groups is 2. The van der Waals surface area contributed by atoms with Gasteiger partial charge in [-0.25, -0.2) is 4.39 Å². The van der Waals surface area contributed by atoms with Crippen molar-refractivity contribution in [2.45, 2.75) is 18.2 Å². The molecule has 0 aliphatic carbocycles. The van der Waals surface area contributed by atoms with Gasteiger partial charge in [-0.05, 0) is 60.0 Å². The van der Waals surface area contributed by atoms with Gasteiger partial charge in [-0.3, -0.25) is 14.5 Å². The van der Waals surface area contributed by atoms with Gasteiger partial charge in [0.2, 0.25) is 5.91 Å². The molecule has 1 heterocycles. The van der Waals surface area contributed by atoms with E-state index in [-0.39, 0.29) is 29.5 Å². The van der Waals surface area contributed by atoms with Gasteiger partial charge in [-0.15, -0.1) is 0 Å². The highest BCUT2D eigenvalue weighted by molar-refractivity contribution is 8.05. The van der Waals surface area contributed by atoms with Gasteiger partial charge >= 0.3 is 0 Å². The fraction of sp³-hybridized carbons (Fsp3) is 0.115. The summed E-state index contributed by atoms with van der Waals surface area (Å²) in [6.45, 7) is 0.217. The van der Waals surface area contributed by atoms with Gasteiger partial charge in [-0.2, -0.15) is 5.26 Å². The molecule has 0 radical (unpaired) electrons. The Kier molecular flexibility index (Phi) is 7.76. The molecular weight excluding hydrogens is 508 g/mol. The molecule has 2 amide bonds. The first kappa shape index (κ1) is 24.8. The monoisotopic (exact) mass is 525 g/mol. The lowest BCUT2D eigenvalue weighted by Gasteiger charge is -2.18. The van der Waals surface area contributed by atoms with E-state index in [1.807, 2.05) is 36.4 Å². The quantitative estimate of drug-likeness (QED) is 0.322. The SMILES string of the molecule is N#C/C(C(=O)NCc1ccccc1)=C1/SC(Cc2cc(Cl)ccc2Cl)C(=O)N1c1ccc(F)cc1. The van der Waals surface area contributed by atoms with Gasteiger partial charge in [0.15, 0.2) is 0 Å². The highest BCUT2D eigenvalue weighted by Gasteiger charge is 2.41. The smallest absolute Gasteiger partial charge is 0.264 e. The molecule has 1 N–H and O–H groups in total. The average molecular weight is 526 g/mol. The van der Waals surface area contributed by atoms with E-state index in [1.54, 1.807) is 18.2 Å². The zero-order valence-corrected chi connectivity index (χ0v) is 20.5. The molecule has 1 atom stereocenters. The third-order valence-electron chi connectivity index (χ3n) is 5.30. The molecule has 0 saturated carbocycles. The molecule has 9 heteroatoms. The summed E-state index contributed by atoms with van der Waals surface area (Å²) in [5.74, 6) is -1.43. The number of anilines is 1. The Bertz CT molecular complexity index is 1340. The molecule has 5 nitrogen and oxygen atoms in total. The van der Waals surface area contributed by atoms with Crippen molar-refractivity contribution in [1.82, 2.24) is 5.32 Å². The second-order valence-electron chi connectivity index (χ2n) is 7.66. The summed E-state index contributed by atoms with van der Waals surface area (Å²) in [4.78, 5) is 27.8. The first-order chi connectivity index (χ1) is 16.9. The van der Waals surface area contributed by atoms with Gasteiger partial charge in [0, 0.05) is 22.3 Å². The third-order valence-corrected chi connectivity index (χ3v) is 7.17. The van der Waals surface area contributed by atoms with E-state index in [9.17, 15) is 19.2 Å². The lowest BCUT2D eigenvalue weighted by Crippen LogP contribution is -2.32. The molecule has 1 aliphatic heterocycles. The first-order valence-corrected chi connectivity index (χ1v) is 12.2. The van der Waals surface area contributed by atoms with Crippen molar-refractivity contribution < 1.29 is 14.0 Å². The van der Waals surface area contributed by atoms with E-state index >= 15 is 0 Å². The normalized spacial score (nSPS) is 16.7. The van der Waals surface area contributed by atoms with Crippen LogP contribution in [0, 0.1) is 17.1 Å². The summed E-state index contributed by atoms with van der Waals surface area (Å²) in [5, 5.41) is 13.1. The van der Waals surface area contributed by atoms with E-state index in [4.69, 9.17) is 23.2 Å². The Hall–Kier alpha value is -3.31. The molecule has 0 spiro atoms. The van der Waals surface area contributed by atoms with Crippen molar-refractivity contribution in [3.8, 4) is 6.07 Å². The van der Waals surface area contributed by atoms with E-state index < -0.39 is 17.0 Å². The van der Waals surface area contributed by atoms with Crippen LogP contribution in [0.4, 0.5) is 10.1 Å². The molecule has 1 fully saturated rings. The molecule has 1 aliphatic rings. The fourth-order valence-corrected chi connectivity index (χ4v) is 5.26. The minimum Gasteiger partial charge on any atom is -0.347 e. The molecule has 0 aromatic heterocycles. The topological polar surface area (TPSA) is 73.2 Å². The van der Waals surface area contributed by atoms with Crippen LogP contribution in [0.25, 0.3) is 0 Å². The van der Waals surface area contributed by atoms with Crippen LogP contribution in [0.15, 0.2) is 83.4 Å². The lowest BCUT2D eigenvalue weighted by atomic mass is 10.1. The number of benzene rings is 3. The van der Waals surface area contributed by atoms with Crippen LogP contribution in [0.2, 0.25) is 10.0 Å². The van der Waals surface area contributed by atoms with Crippen LogP contribution in [0.1, 0.15) is 11.1 Å². The van der Waals surface area contributed by atoms with Crippen molar-refractivity contribution in [3.05, 3.63) is 110 Å². The molecule has 1 saturated heterocycles. The number of thioether (sulfide) groups is 1. The number of carbonyl (C=O) groups excluding carboxylic acids is 2. The Morgan fingerprint density at radius 2 is 1.80 bits per heavy atom. The van der Waals surface area contributed by atoms with Crippen LogP contribution in [-0.2, 0) is 22.6 Å². The molecule has 3 aromatic carbocycles. The van der Waals surface area contributed by atoms with Crippen molar-refractivity contribution in [1.29, 1.82) is 5.26 Å². The van der Waals surface area contributed by atoms with E-state index in [0.29, 0.717) is 21.3 Å². The van der Waals surface area contributed by atoms with Crippen LogP contribution >= 0.6 is 35.0 Å². The molecule has 4 rings (SSSR count). The summed E-state index contributed by atoms with van der Waals surface area (Å²) in [6, 6.07) is 21.5. The van der Waals surface area contributed by atoms with Crippen LogP contribution in [-0.4, -0.2) is 17.1 Å². The maximum atomic E-state index is 13.6. The molecule has 1 unspecified atom stereocenters. The number of rotatable bonds is 6. The predicted octanol–water partition coefficient (Wildman–Crippen LogP) is 5.88. The predicted molar refractivity (Wildman–Crippen MR) is 136 cm³/mol. The summed E-state index contributed by atoms with van der Waals surface area (Å²) in [5.41, 5.74) is 1.67. The maximum absolute atomic E-state index is 13.6. The van der Waals surface area contributed by atoms with Crippen molar-refractivity contribution in [3.63, 3.8) is 0 Å². The Labute approximate surface area is 216 Å². The Balaban J connectivity index is 1.69. The number of nitrogens with zero attached hydrogens (tertiary/aromatic N) is 2. The fourth-order valence-electron chi connectivity index (χ4n) is 3.58. The van der Waals surface area contributed by atoms with Crippen LogP contribution in [0.3, 0.4) is 0 Å². The van der Waals surface area contributed by atoms with E-state index in [2.05, 4.69) is 5.32 Å². The van der Waals surface area contributed by atoms with Gasteiger partial charge in [0.1, 0.15) is 22.5 Å². The minimum atomic E-state index is -0.670. The van der Waals surface area contributed by atoms with Crippen molar-refractivity contribution >= 4 is 52.5 Å². The van der Waals surface area contributed by atoms with Gasteiger partial charge in [-0.1, -0.05) is 65.3 Å². The summed E-state index contributed by atoms with van der Waals surface area (Å²) < 4.78 is 13.6. The van der Waals surface area contributed by atoms with E-state index in [1.165, 1.54) is 29.2 Å². The highest BCUT2D eigenvalue weighted by Crippen LogP contribution is 2.42. The Morgan fingerprint density at radius 3 is 2.49 bits per heavy atom. The Morgan fingerprint density at radius 1 is 1.09 bits per heavy atom. The largest absolute Gasteiger partial charge is 0.347 e. The summed E-state index contributed by atoms with van der Waals surface area (Å²) >= 11 is 13.5. The second-order valence-corrected chi connectivity index (χ2v) is 9.69. The molecule has 0 bridgehead atoms. The number of hydrogen-bond acceptors (Lipinski definition) is 4. The number of amides is 2.